The van der Waals surface area contributed by atoms with Gasteiger partial charge in [0.15, 0.2) is 0 Å². The molecule has 2 aromatic carbocycles. The molecule has 3 aliphatic heterocycles. The lowest BCUT2D eigenvalue weighted by Gasteiger charge is -2.39. The summed E-state index contributed by atoms with van der Waals surface area (Å²) in [5.41, 5.74) is 5.64. The number of nitrogens with zero attached hydrogens (tertiary/aromatic N) is 2. The van der Waals surface area contributed by atoms with Gasteiger partial charge >= 0.3 is 6.36 Å². The van der Waals surface area contributed by atoms with Crippen molar-refractivity contribution in [2.24, 2.45) is 0 Å². The molecule has 1 unspecified atom stereocenters. The second kappa shape index (κ2) is 9.15. The Morgan fingerprint density at radius 2 is 1.97 bits per heavy atom. The highest BCUT2D eigenvalue weighted by Gasteiger charge is 2.37. The number of rotatable bonds is 5. The third-order valence-electron chi connectivity index (χ3n) is 6.08. The van der Waals surface area contributed by atoms with Gasteiger partial charge in [0, 0.05) is 29.9 Å². The summed E-state index contributed by atoms with van der Waals surface area (Å²) in [4.78, 5) is 20.6. The lowest BCUT2D eigenvalue weighted by molar-refractivity contribution is -0.274. The molecule has 0 bridgehead atoms. The third-order valence-corrected chi connectivity index (χ3v) is 6.08. The molecule has 1 atom stereocenters. The molecule has 8 nitrogen and oxygen atoms in total. The number of hydrogen-bond acceptors (Lipinski definition) is 7. The van der Waals surface area contributed by atoms with Crippen molar-refractivity contribution in [1.29, 1.82) is 0 Å². The van der Waals surface area contributed by atoms with Crippen LogP contribution in [-0.4, -0.2) is 43.0 Å². The summed E-state index contributed by atoms with van der Waals surface area (Å²) in [7, 11) is 3.04. The summed E-state index contributed by atoms with van der Waals surface area (Å²) in [6, 6.07) is 8.45. The van der Waals surface area contributed by atoms with Crippen molar-refractivity contribution in [2.75, 3.05) is 20.8 Å². The zero-order valence-electron chi connectivity index (χ0n) is 19.3. The van der Waals surface area contributed by atoms with E-state index in [4.69, 9.17) is 14.4 Å². The number of hydroxylamine groups is 3. The predicted octanol–water partition coefficient (Wildman–Crippen LogP) is 4.12. The first-order chi connectivity index (χ1) is 17.3. The van der Waals surface area contributed by atoms with Crippen LogP contribution in [0.15, 0.2) is 72.2 Å². The van der Waals surface area contributed by atoms with Crippen molar-refractivity contribution in [3.63, 3.8) is 0 Å². The highest BCUT2D eigenvalue weighted by molar-refractivity contribution is 5.97. The van der Waals surface area contributed by atoms with Gasteiger partial charge in [0.25, 0.3) is 5.91 Å². The number of fused-ring (bicyclic) bond motifs is 2. The van der Waals surface area contributed by atoms with Crippen LogP contribution < -0.4 is 19.7 Å². The smallest absolute Gasteiger partial charge is 0.497 e. The lowest BCUT2D eigenvalue weighted by atomic mass is 9.86. The van der Waals surface area contributed by atoms with Crippen LogP contribution >= 0.6 is 0 Å². The molecule has 3 aliphatic rings. The van der Waals surface area contributed by atoms with E-state index in [0.717, 1.165) is 5.56 Å². The van der Waals surface area contributed by atoms with Crippen molar-refractivity contribution in [3.05, 3.63) is 88.9 Å². The normalized spacial score (nSPS) is 18.5. The predicted molar refractivity (Wildman–Crippen MR) is 121 cm³/mol. The van der Waals surface area contributed by atoms with Crippen LogP contribution in [0, 0.1) is 0 Å². The minimum Gasteiger partial charge on any atom is -0.497 e. The Morgan fingerprint density at radius 3 is 2.72 bits per heavy atom. The number of nitrogens with one attached hydrogen (secondary N) is 1. The van der Waals surface area contributed by atoms with Gasteiger partial charge < -0.3 is 19.1 Å². The Hall–Kier alpha value is -4.12. The second-order valence-electron chi connectivity index (χ2n) is 8.19. The van der Waals surface area contributed by atoms with Crippen molar-refractivity contribution in [2.45, 2.75) is 18.8 Å². The third kappa shape index (κ3) is 4.44. The van der Waals surface area contributed by atoms with Crippen LogP contribution in [0.2, 0.25) is 0 Å². The molecule has 0 aromatic heterocycles. The molecule has 0 radical (unpaired) electrons. The maximum Gasteiger partial charge on any atom is 0.573 e. The summed E-state index contributed by atoms with van der Waals surface area (Å²) < 4.78 is 54.1. The minimum absolute atomic E-state index is 0.297. The van der Waals surface area contributed by atoms with Crippen LogP contribution in [0.25, 0.3) is 0 Å². The largest absolute Gasteiger partial charge is 0.573 e. The van der Waals surface area contributed by atoms with Gasteiger partial charge in [-0.3, -0.25) is 4.79 Å². The van der Waals surface area contributed by atoms with Gasteiger partial charge in [-0.2, -0.15) is 4.94 Å². The number of carbonyl (C=O) groups excluding carboxylic acids is 1. The van der Waals surface area contributed by atoms with Crippen LogP contribution in [0.5, 0.6) is 17.2 Å². The monoisotopic (exact) mass is 501 g/mol. The van der Waals surface area contributed by atoms with E-state index in [-0.39, 0.29) is 11.7 Å². The van der Waals surface area contributed by atoms with Gasteiger partial charge in [0.2, 0.25) is 0 Å². The summed E-state index contributed by atoms with van der Waals surface area (Å²) in [6.45, 7) is 0.319. The fraction of sp³-hybridized carbons (Fsp3) is 0.240. The molecule has 0 aliphatic carbocycles. The summed E-state index contributed by atoms with van der Waals surface area (Å²) >= 11 is 0. The quantitative estimate of drug-likeness (QED) is 0.661. The van der Waals surface area contributed by atoms with E-state index < -0.39 is 12.4 Å². The topological polar surface area (TPSA) is 72.5 Å². The average molecular weight is 501 g/mol. The Kier molecular flexibility index (Phi) is 6.00. The molecule has 1 amide bonds. The standard InChI is InChI=1S/C25H22F3N3O5/c1-33-20-11-15-6-8-30(24(32)17-7-9-31-18(10-17)14-29-36-31)23(22(15)21(13-20)34-2)16-4-3-5-19(12-16)35-25(26,27)28/h3-5,7,9-14,23,29H,6,8H2,1-2H3. The van der Waals surface area contributed by atoms with Crippen LogP contribution in [0.1, 0.15) is 22.7 Å². The molecule has 5 rings (SSSR count). The van der Waals surface area contributed by atoms with Gasteiger partial charge in [0.05, 0.1) is 32.2 Å². The second-order valence-corrected chi connectivity index (χ2v) is 8.19. The number of hydrogen-bond donors (Lipinski definition) is 1. The Balaban J connectivity index is 1.61. The molecule has 1 N–H and O–H groups in total. The number of carbonyl (C=O) groups is 1. The molecule has 36 heavy (non-hydrogen) atoms. The first kappa shape index (κ1) is 23.6. The van der Waals surface area contributed by atoms with Crippen molar-refractivity contribution < 1.29 is 37.1 Å². The summed E-state index contributed by atoms with van der Waals surface area (Å²) in [6.07, 6.45) is 2.15. The molecule has 0 fully saturated rings. The SMILES string of the molecule is COc1cc2c(c(OC)c1)C(c1cccc(OC(F)(F)F)c1)N(C(=O)C1=CC3=CNON3C=C1)CC2. The highest BCUT2D eigenvalue weighted by atomic mass is 19.4. The number of benzene rings is 2. The first-order valence-electron chi connectivity index (χ1n) is 11.0. The maximum absolute atomic E-state index is 13.8. The molecule has 2 aromatic rings. The Labute approximate surface area is 204 Å². The average Bonchev–Trinajstić information content (AvgIpc) is 3.34. The number of ether oxygens (including phenoxy) is 3. The molecule has 0 saturated carbocycles. The number of methoxy groups -OCH3 is 2. The lowest BCUT2D eigenvalue weighted by Crippen LogP contribution is -2.41. The zero-order valence-corrected chi connectivity index (χ0v) is 19.3. The van der Waals surface area contributed by atoms with Crippen LogP contribution in [-0.2, 0) is 16.2 Å². The Bertz CT molecular complexity index is 1270. The van der Waals surface area contributed by atoms with E-state index >= 15 is 0 Å². The molecule has 3 heterocycles. The van der Waals surface area contributed by atoms with Gasteiger partial charge in [-0.15, -0.1) is 13.2 Å². The molecule has 188 valence electrons. The number of allylic oxidation sites excluding steroid dienone is 1. The number of amides is 1. The summed E-state index contributed by atoms with van der Waals surface area (Å²) in [5.74, 6) is 0.370. The van der Waals surface area contributed by atoms with E-state index in [0.29, 0.717) is 46.9 Å². The molecule has 0 spiro atoms. The van der Waals surface area contributed by atoms with E-state index in [1.165, 1.54) is 37.5 Å². The van der Waals surface area contributed by atoms with Gasteiger partial charge in [-0.25, -0.2) is 10.5 Å². The van der Waals surface area contributed by atoms with E-state index in [2.05, 4.69) is 10.2 Å². The first-order valence-corrected chi connectivity index (χ1v) is 11.0. The van der Waals surface area contributed by atoms with Crippen molar-refractivity contribution in [1.82, 2.24) is 15.4 Å². The van der Waals surface area contributed by atoms with Crippen LogP contribution in [0.4, 0.5) is 13.2 Å². The number of alkyl halides is 3. The zero-order chi connectivity index (χ0) is 25.4. The number of halogens is 3. The summed E-state index contributed by atoms with van der Waals surface area (Å²) in [5, 5.41) is 1.47. The molecule has 0 saturated heterocycles. The van der Waals surface area contributed by atoms with E-state index in [9.17, 15) is 18.0 Å². The molecule has 11 heteroatoms. The maximum atomic E-state index is 13.8. The fourth-order valence-corrected chi connectivity index (χ4v) is 4.57. The van der Waals surface area contributed by atoms with Crippen molar-refractivity contribution >= 4 is 5.91 Å². The van der Waals surface area contributed by atoms with Gasteiger partial charge in [-0.05, 0) is 47.9 Å². The van der Waals surface area contributed by atoms with Gasteiger partial charge in [0.1, 0.15) is 17.2 Å². The van der Waals surface area contributed by atoms with Gasteiger partial charge in [-0.1, -0.05) is 12.1 Å². The Morgan fingerprint density at radius 1 is 1.14 bits per heavy atom. The molecular formula is C25H22F3N3O5. The highest BCUT2D eigenvalue weighted by Crippen LogP contribution is 2.44. The van der Waals surface area contributed by atoms with Crippen LogP contribution in [0.3, 0.4) is 0 Å². The van der Waals surface area contributed by atoms with E-state index in [1.807, 2.05) is 6.07 Å². The molecular weight excluding hydrogens is 479 g/mol. The van der Waals surface area contributed by atoms with E-state index in [1.54, 1.807) is 41.6 Å². The fourth-order valence-electron chi connectivity index (χ4n) is 4.57. The van der Waals surface area contributed by atoms with Crippen molar-refractivity contribution in [3.8, 4) is 17.2 Å². The minimum atomic E-state index is -4.85.